The van der Waals surface area contributed by atoms with Crippen molar-refractivity contribution in [1.82, 2.24) is 4.90 Å². The lowest BCUT2D eigenvalue weighted by Crippen LogP contribution is -2.33. The first-order valence-electron chi connectivity index (χ1n) is 10.1. The van der Waals surface area contributed by atoms with Crippen molar-refractivity contribution in [2.75, 3.05) is 25.0 Å². The predicted octanol–water partition coefficient (Wildman–Crippen LogP) is 5.87. The topological polar surface area (TPSA) is 32.3 Å². The van der Waals surface area contributed by atoms with E-state index in [1.165, 1.54) is 67.4 Å². The van der Waals surface area contributed by atoms with Gasteiger partial charge in [-0.15, -0.1) is 11.3 Å². The summed E-state index contributed by atoms with van der Waals surface area (Å²) in [5.74, 6) is 0.744. The normalized spacial score (nSPS) is 16.5. The highest BCUT2D eigenvalue weighted by atomic mass is 32.1. The summed E-state index contributed by atoms with van der Waals surface area (Å²) in [6.45, 7) is 9.82. The van der Waals surface area contributed by atoms with Crippen LogP contribution in [0.25, 0.3) is 10.1 Å². The highest BCUT2D eigenvalue weighted by molar-refractivity contribution is 7.17. The smallest absolute Gasteiger partial charge is 0.226 e. The van der Waals surface area contributed by atoms with E-state index in [0.29, 0.717) is 5.92 Å². The lowest BCUT2D eigenvalue weighted by atomic mass is 9.89. The summed E-state index contributed by atoms with van der Waals surface area (Å²) in [7, 11) is 0. The maximum atomic E-state index is 12.0. The minimum absolute atomic E-state index is 0.00433. The predicted molar refractivity (Wildman–Crippen MR) is 113 cm³/mol. The fraction of sp³-hybridized carbons (Fsp3) is 0.591. The van der Waals surface area contributed by atoms with Crippen LogP contribution in [0.4, 0.5) is 5.69 Å². The lowest BCUT2D eigenvalue weighted by Gasteiger charge is -2.32. The fourth-order valence-corrected chi connectivity index (χ4v) is 4.81. The Morgan fingerprint density at radius 3 is 2.73 bits per heavy atom. The Kier molecular flexibility index (Phi) is 6.71. The van der Waals surface area contributed by atoms with E-state index in [-0.39, 0.29) is 11.8 Å². The van der Waals surface area contributed by atoms with E-state index in [0.717, 1.165) is 5.69 Å². The molecule has 26 heavy (non-hydrogen) atoms. The third-order valence-electron chi connectivity index (χ3n) is 5.50. The number of unbranched alkanes of at least 4 members (excludes halogenated alkanes) is 2. The van der Waals surface area contributed by atoms with Crippen LogP contribution in [0.15, 0.2) is 23.6 Å². The van der Waals surface area contributed by atoms with Crippen LogP contribution in [0.2, 0.25) is 0 Å². The van der Waals surface area contributed by atoms with Crippen molar-refractivity contribution in [3.8, 4) is 0 Å². The summed E-state index contributed by atoms with van der Waals surface area (Å²) in [5, 5.41) is 6.72. The number of fused-ring (bicyclic) bond motifs is 1. The standard InChI is InChI=1S/C22H32N2OS/c1-4-5-6-11-24-12-9-17(10-13-24)20-15-26-21-8-7-18(14-19(20)21)23-22(25)16(2)3/h7-8,14-17H,4-6,9-13H2,1-3H3,(H,23,25). The molecular formula is C22H32N2OS. The first-order valence-corrected chi connectivity index (χ1v) is 11.0. The average Bonchev–Trinajstić information content (AvgIpc) is 3.05. The number of benzene rings is 1. The van der Waals surface area contributed by atoms with Gasteiger partial charge in [-0.1, -0.05) is 33.6 Å². The van der Waals surface area contributed by atoms with Crippen LogP contribution in [0.1, 0.15) is 64.4 Å². The van der Waals surface area contributed by atoms with Gasteiger partial charge in [-0.25, -0.2) is 0 Å². The van der Waals surface area contributed by atoms with Crippen molar-refractivity contribution in [2.45, 2.75) is 58.8 Å². The van der Waals surface area contributed by atoms with Gasteiger partial charge in [-0.2, -0.15) is 0 Å². The molecule has 2 aromatic rings. The first kappa shape index (κ1) is 19.4. The zero-order chi connectivity index (χ0) is 18.5. The first-order chi connectivity index (χ1) is 12.6. The molecule has 3 nitrogen and oxygen atoms in total. The molecule has 0 unspecified atom stereocenters. The van der Waals surface area contributed by atoms with Gasteiger partial charge in [-0.3, -0.25) is 4.79 Å². The van der Waals surface area contributed by atoms with E-state index >= 15 is 0 Å². The molecule has 142 valence electrons. The maximum Gasteiger partial charge on any atom is 0.226 e. The molecule has 1 saturated heterocycles. The van der Waals surface area contributed by atoms with Crippen LogP contribution < -0.4 is 5.32 Å². The molecule has 1 amide bonds. The fourth-order valence-electron chi connectivity index (χ4n) is 3.78. The van der Waals surface area contributed by atoms with Gasteiger partial charge in [0.1, 0.15) is 0 Å². The molecule has 1 fully saturated rings. The number of amides is 1. The van der Waals surface area contributed by atoms with Crippen molar-refractivity contribution in [1.29, 1.82) is 0 Å². The molecule has 2 heterocycles. The molecule has 1 aromatic carbocycles. The number of carbonyl (C=O) groups excluding carboxylic acids is 1. The molecule has 1 N–H and O–H groups in total. The minimum atomic E-state index is 0.00433. The van der Waals surface area contributed by atoms with Gasteiger partial charge in [0.15, 0.2) is 0 Å². The van der Waals surface area contributed by atoms with Gasteiger partial charge in [0.05, 0.1) is 0 Å². The monoisotopic (exact) mass is 372 g/mol. The van der Waals surface area contributed by atoms with E-state index < -0.39 is 0 Å². The molecule has 1 aliphatic heterocycles. The zero-order valence-corrected chi connectivity index (χ0v) is 17.2. The number of likely N-dealkylation sites (tertiary alicyclic amines) is 1. The van der Waals surface area contributed by atoms with Gasteiger partial charge in [0.2, 0.25) is 5.91 Å². The quantitative estimate of drug-likeness (QED) is 0.617. The highest BCUT2D eigenvalue weighted by Crippen LogP contribution is 2.38. The number of carbonyl (C=O) groups is 1. The summed E-state index contributed by atoms with van der Waals surface area (Å²) in [5.41, 5.74) is 2.41. The van der Waals surface area contributed by atoms with Gasteiger partial charge < -0.3 is 10.2 Å². The van der Waals surface area contributed by atoms with Crippen molar-refractivity contribution in [3.63, 3.8) is 0 Å². The molecule has 0 radical (unpaired) electrons. The van der Waals surface area contributed by atoms with Crippen LogP contribution in [0.3, 0.4) is 0 Å². The SMILES string of the molecule is CCCCCN1CCC(c2csc3ccc(NC(=O)C(C)C)cc23)CC1. The number of nitrogens with zero attached hydrogens (tertiary/aromatic N) is 1. The summed E-state index contributed by atoms with van der Waals surface area (Å²) in [6, 6.07) is 6.35. The molecule has 0 aliphatic carbocycles. The molecular weight excluding hydrogens is 340 g/mol. The Hall–Kier alpha value is -1.39. The molecule has 0 bridgehead atoms. The van der Waals surface area contributed by atoms with Gasteiger partial charge in [0, 0.05) is 16.3 Å². The number of hydrogen-bond acceptors (Lipinski definition) is 3. The van der Waals surface area contributed by atoms with Crippen LogP contribution in [-0.4, -0.2) is 30.4 Å². The summed E-state index contributed by atoms with van der Waals surface area (Å²) in [6.07, 6.45) is 6.48. The lowest BCUT2D eigenvalue weighted by molar-refractivity contribution is -0.118. The van der Waals surface area contributed by atoms with Gasteiger partial charge in [-0.05, 0) is 79.3 Å². The van der Waals surface area contributed by atoms with Crippen LogP contribution in [0, 0.1) is 5.92 Å². The van der Waals surface area contributed by atoms with Crippen molar-refractivity contribution < 1.29 is 4.79 Å². The Morgan fingerprint density at radius 1 is 1.27 bits per heavy atom. The molecule has 4 heteroatoms. The summed E-state index contributed by atoms with van der Waals surface area (Å²) >= 11 is 1.83. The summed E-state index contributed by atoms with van der Waals surface area (Å²) in [4.78, 5) is 14.6. The van der Waals surface area contributed by atoms with Gasteiger partial charge in [0.25, 0.3) is 0 Å². The maximum absolute atomic E-state index is 12.0. The van der Waals surface area contributed by atoms with Crippen molar-refractivity contribution >= 4 is 33.0 Å². The average molecular weight is 373 g/mol. The second kappa shape index (κ2) is 9.01. The van der Waals surface area contributed by atoms with Gasteiger partial charge >= 0.3 is 0 Å². The Balaban J connectivity index is 1.67. The Labute approximate surface area is 161 Å². The third-order valence-corrected chi connectivity index (χ3v) is 6.48. The number of nitrogens with one attached hydrogen (secondary N) is 1. The van der Waals surface area contributed by atoms with E-state index in [4.69, 9.17) is 0 Å². The zero-order valence-electron chi connectivity index (χ0n) is 16.4. The molecule has 0 atom stereocenters. The molecule has 1 aliphatic rings. The van der Waals surface area contributed by atoms with E-state index in [9.17, 15) is 4.79 Å². The van der Waals surface area contributed by atoms with Crippen LogP contribution >= 0.6 is 11.3 Å². The van der Waals surface area contributed by atoms with E-state index in [1.54, 1.807) is 0 Å². The largest absolute Gasteiger partial charge is 0.326 e. The number of hydrogen-bond donors (Lipinski definition) is 1. The number of anilines is 1. The van der Waals surface area contributed by atoms with Crippen molar-refractivity contribution in [2.24, 2.45) is 5.92 Å². The van der Waals surface area contributed by atoms with Crippen molar-refractivity contribution in [3.05, 3.63) is 29.1 Å². The highest BCUT2D eigenvalue weighted by Gasteiger charge is 2.22. The Bertz CT molecular complexity index is 729. The number of thiophene rings is 1. The number of rotatable bonds is 7. The molecule has 0 saturated carbocycles. The van der Waals surface area contributed by atoms with E-state index in [2.05, 4.69) is 34.7 Å². The number of piperidine rings is 1. The second-order valence-electron chi connectivity index (χ2n) is 7.87. The van der Waals surface area contributed by atoms with Crippen LogP contribution in [0.5, 0.6) is 0 Å². The minimum Gasteiger partial charge on any atom is -0.326 e. The summed E-state index contributed by atoms with van der Waals surface area (Å²) < 4.78 is 1.33. The Morgan fingerprint density at radius 2 is 2.04 bits per heavy atom. The molecule has 3 rings (SSSR count). The second-order valence-corrected chi connectivity index (χ2v) is 8.78. The van der Waals surface area contributed by atoms with Crippen LogP contribution in [-0.2, 0) is 4.79 Å². The molecule has 0 spiro atoms. The van der Waals surface area contributed by atoms with E-state index in [1.807, 2.05) is 31.3 Å². The molecule has 1 aromatic heterocycles. The third kappa shape index (κ3) is 4.66.